The molecule has 7 nitrogen and oxygen atoms in total. The Balaban J connectivity index is 1.79. The van der Waals surface area contributed by atoms with Gasteiger partial charge in [-0.15, -0.1) is 5.10 Å². The summed E-state index contributed by atoms with van der Waals surface area (Å²) in [5, 5.41) is 28.7. The summed E-state index contributed by atoms with van der Waals surface area (Å²) in [6.45, 7) is 3.64. The number of hydrogen-bond donors (Lipinski definition) is 2. The van der Waals surface area contributed by atoms with Gasteiger partial charge >= 0.3 is 5.92 Å². The number of likely N-dealkylation sites (tertiary alicyclic amines) is 1. The Labute approximate surface area is 144 Å². The zero-order chi connectivity index (χ0) is 18.5. The average Bonchev–Trinajstić information content (AvgIpc) is 3.02. The quantitative estimate of drug-likeness (QED) is 0.844. The van der Waals surface area contributed by atoms with Crippen molar-refractivity contribution in [3.63, 3.8) is 0 Å². The van der Waals surface area contributed by atoms with E-state index in [0.29, 0.717) is 19.3 Å². The summed E-state index contributed by atoms with van der Waals surface area (Å²) >= 11 is 0. The van der Waals surface area contributed by atoms with Crippen molar-refractivity contribution in [1.29, 1.82) is 0 Å². The molecular formula is C16H24F2N4O3. The summed E-state index contributed by atoms with van der Waals surface area (Å²) in [5.41, 5.74) is -3.51. The molecule has 1 amide bonds. The first kappa shape index (κ1) is 18.2. The van der Waals surface area contributed by atoms with Crippen molar-refractivity contribution in [2.24, 2.45) is 0 Å². The number of β-amino-alcohol motifs (C(OH)–C–C–N with tert-alkyl or cyclic N) is 1. The molecule has 0 spiro atoms. The molecule has 1 saturated carbocycles. The molecule has 1 aromatic heterocycles. The van der Waals surface area contributed by atoms with E-state index < -0.39 is 23.0 Å². The normalized spacial score (nSPS) is 26.6. The number of hydrogen-bond acceptors (Lipinski definition) is 5. The molecule has 1 aliphatic heterocycles. The summed E-state index contributed by atoms with van der Waals surface area (Å²) in [6, 6.07) is 0.0448. The van der Waals surface area contributed by atoms with Crippen LogP contribution in [0.4, 0.5) is 8.78 Å². The van der Waals surface area contributed by atoms with Crippen LogP contribution in [-0.4, -0.2) is 60.6 Å². The van der Waals surface area contributed by atoms with E-state index in [1.165, 1.54) is 0 Å². The first-order valence-electron chi connectivity index (χ1n) is 8.63. The molecule has 1 atom stereocenters. The van der Waals surface area contributed by atoms with Gasteiger partial charge in [-0.25, -0.2) is 4.68 Å². The molecule has 1 saturated heterocycles. The molecular weight excluding hydrogens is 334 g/mol. The van der Waals surface area contributed by atoms with E-state index in [1.807, 2.05) is 13.8 Å². The van der Waals surface area contributed by atoms with Crippen LogP contribution >= 0.6 is 0 Å². The average molecular weight is 358 g/mol. The summed E-state index contributed by atoms with van der Waals surface area (Å²) in [4.78, 5) is 13.3. The lowest BCUT2D eigenvalue weighted by atomic mass is 9.74. The SMILES string of the molecule is CC(C)n1cc(C2(O)CCCN(C(=O)C(F)(F)C3(O)CCC3)C2)nn1. The molecule has 0 radical (unpaired) electrons. The van der Waals surface area contributed by atoms with Crippen LogP contribution in [0.2, 0.25) is 0 Å². The van der Waals surface area contributed by atoms with Crippen LogP contribution in [0.15, 0.2) is 6.20 Å². The van der Waals surface area contributed by atoms with Gasteiger partial charge in [-0.1, -0.05) is 5.21 Å². The maximum atomic E-state index is 14.4. The Morgan fingerprint density at radius 3 is 2.48 bits per heavy atom. The maximum Gasteiger partial charge on any atom is 0.352 e. The molecule has 140 valence electrons. The molecule has 2 aliphatic rings. The fourth-order valence-corrected chi connectivity index (χ4v) is 3.38. The van der Waals surface area contributed by atoms with Crippen molar-refractivity contribution in [3.8, 4) is 0 Å². The van der Waals surface area contributed by atoms with Crippen LogP contribution < -0.4 is 0 Å². The molecule has 3 rings (SSSR count). The van der Waals surface area contributed by atoms with Gasteiger partial charge in [0.2, 0.25) is 0 Å². The number of halogens is 2. The Morgan fingerprint density at radius 2 is 1.96 bits per heavy atom. The van der Waals surface area contributed by atoms with Gasteiger partial charge in [0.05, 0.1) is 12.7 Å². The minimum Gasteiger partial charge on any atom is -0.383 e. The number of amides is 1. The van der Waals surface area contributed by atoms with Crippen LogP contribution in [0.5, 0.6) is 0 Å². The summed E-state index contributed by atoms with van der Waals surface area (Å²) in [7, 11) is 0. The van der Waals surface area contributed by atoms with E-state index in [-0.39, 0.29) is 37.7 Å². The van der Waals surface area contributed by atoms with Crippen LogP contribution in [0.3, 0.4) is 0 Å². The molecule has 1 unspecified atom stereocenters. The van der Waals surface area contributed by atoms with Gasteiger partial charge in [-0.2, -0.15) is 8.78 Å². The summed E-state index contributed by atoms with van der Waals surface area (Å²) < 4.78 is 30.5. The topological polar surface area (TPSA) is 91.5 Å². The standard InChI is InChI=1S/C16H24F2N4O3/c1-11(2)22-9-12(19-20-22)14(24)5-4-8-21(10-14)13(23)16(17,18)15(25)6-3-7-15/h9,11,24-25H,3-8,10H2,1-2H3. The lowest BCUT2D eigenvalue weighted by molar-refractivity contribution is -0.226. The summed E-state index contributed by atoms with van der Waals surface area (Å²) in [5.74, 6) is -5.27. The van der Waals surface area contributed by atoms with E-state index in [9.17, 15) is 23.8 Å². The van der Waals surface area contributed by atoms with E-state index in [4.69, 9.17) is 0 Å². The molecule has 2 N–H and O–H groups in total. The molecule has 0 bridgehead atoms. The van der Waals surface area contributed by atoms with E-state index >= 15 is 0 Å². The van der Waals surface area contributed by atoms with Gasteiger partial charge in [0, 0.05) is 12.6 Å². The zero-order valence-electron chi connectivity index (χ0n) is 14.5. The third-order valence-electron chi connectivity index (χ3n) is 5.31. The molecule has 9 heteroatoms. The van der Waals surface area contributed by atoms with Gasteiger partial charge in [0.25, 0.3) is 5.91 Å². The molecule has 2 fully saturated rings. The van der Waals surface area contributed by atoms with Crippen molar-refractivity contribution in [1.82, 2.24) is 19.9 Å². The number of aliphatic hydroxyl groups is 2. The van der Waals surface area contributed by atoms with E-state index in [2.05, 4.69) is 10.3 Å². The van der Waals surface area contributed by atoms with Gasteiger partial charge in [0.1, 0.15) is 16.9 Å². The monoisotopic (exact) mass is 358 g/mol. The number of piperidine rings is 1. The number of alkyl halides is 2. The number of nitrogens with zero attached hydrogens (tertiary/aromatic N) is 4. The van der Waals surface area contributed by atoms with Crippen LogP contribution in [0.1, 0.15) is 57.7 Å². The van der Waals surface area contributed by atoms with Gasteiger partial charge in [0.15, 0.2) is 0 Å². The second-order valence-electron chi connectivity index (χ2n) is 7.50. The van der Waals surface area contributed by atoms with Gasteiger partial charge in [-0.05, 0) is 46.0 Å². The first-order chi connectivity index (χ1) is 11.6. The van der Waals surface area contributed by atoms with Crippen molar-refractivity contribution < 1.29 is 23.8 Å². The smallest absolute Gasteiger partial charge is 0.352 e. The summed E-state index contributed by atoms with van der Waals surface area (Å²) in [6.07, 6.45) is 2.55. The Bertz CT molecular complexity index is 660. The van der Waals surface area contributed by atoms with Crippen molar-refractivity contribution >= 4 is 5.91 Å². The van der Waals surface area contributed by atoms with E-state index in [0.717, 1.165) is 4.90 Å². The largest absolute Gasteiger partial charge is 0.383 e. The van der Waals surface area contributed by atoms with Gasteiger partial charge < -0.3 is 15.1 Å². The van der Waals surface area contributed by atoms with E-state index in [1.54, 1.807) is 10.9 Å². The van der Waals surface area contributed by atoms with Crippen LogP contribution in [0, 0.1) is 0 Å². The third kappa shape index (κ3) is 2.93. The lowest BCUT2D eigenvalue weighted by Gasteiger charge is -2.45. The molecule has 1 aliphatic carbocycles. The number of carbonyl (C=O) groups is 1. The minimum absolute atomic E-state index is 0.0448. The number of aromatic nitrogens is 3. The second kappa shape index (κ2) is 5.98. The lowest BCUT2D eigenvalue weighted by Crippen LogP contribution is -2.63. The highest BCUT2D eigenvalue weighted by atomic mass is 19.3. The third-order valence-corrected chi connectivity index (χ3v) is 5.31. The first-order valence-corrected chi connectivity index (χ1v) is 8.63. The molecule has 1 aromatic rings. The highest BCUT2D eigenvalue weighted by Crippen LogP contribution is 2.45. The Morgan fingerprint density at radius 1 is 1.28 bits per heavy atom. The number of carbonyl (C=O) groups excluding carboxylic acids is 1. The highest BCUT2D eigenvalue weighted by molar-refractivity contribution is 5.85. The predicted octanol–water partition coefficient (Wildman–Crippen LogP) is 1.22. The fraction of sp³-hybridized carbons (Fsp3) is 0.812. The molecule has 0 aromatic carbocycles. The number of rotatable bonds is 4. The second-order valence-corrected chi connectivity index (χ2v) is 7.50. The molecule has 2 heterocycles. The van der Waals surface area contributed by atoms with Crippen molar-refractivity contribution in [2.45, 2.75) is 69.1 Å². The molecule has 25 heavy (non-hydrogen) atoms. The van der Waals surface area contributed by atoms with Crippen LogP contribution in [0.25, 0.3) is 0 Å². The van der Waals surface area contributed by atoms with Gasteiger partial charge in [-0.3, -0.25) is 4.79 Å². The minimum atomic E-state index is -3.85. The van der Waals surface area contributed by atoms with Crippen LogP contribution in [-0.2, 0) is 10.4 Å². The van der Waals surface area contributed by atoms with Crippen molar-refractivity contribution in [3.05, 3.63) is 11.9 Å². The Hall–Kier alpha value is -1.61. The predicted molar refractivity (Wildman–Crippen MR) is 83.9 cm³/mol. The fourth-order valence-electron chi connectivity index (χ4n) is 3.38. The Kier molecular flexibility index (Phi) is 4.35. The maximum absolute atomic E-state index is 14.4. The highest BCUT2D eigenvalue weighted by Gasteiger charge is 2.62. The van der Waals surface area contributed by atoms with Crippen molar-refractivity contribution in [2.75, 3.05) is 13.1 Å². The zero-order valence-corrected chi connectivity index (χ0v) is 14.5.